The van der Waals surface area contributed by atoms with Crippen molar-refractivity contribution in [2.75, 3.05) is 11.9 Å². The van der Waals surface area contributed by atoms with Crippen molar-refractivity contribution in [1.29, 1.82) is 0 Å². The molecule has 1 N–H and O–H groups in total. The Balaban J connectivity index is 1.52. The quantitative estimate of drug-likeness (QED) is 0.262. The fourth-order valence-electron chi connectivity index (χ4n) is 2.54. The number of ether oxygens (including phenoxy) is 1. The number of rotatable bonds is 9. The third kappa shape index (κ3) is 6.73. The van der Waals surface area contributed by atoms with Gasteiger partial charge in [-0.3, -0.25) is 10.1 Å². The molecule has 29 heavy (non-hydrogen) atoms. The molecule has 0 saturated heterocycles. The van der Waals surface area contributed by atoms with Gasteiger partial charge in [-0.1, -0.05) is 61.9 Å². The van der Waals surface area contributed by atoms with E-state index in [1.54, 1.807) is 6.08 Å². The smallest absolute Gasteiger partial charge is 0.250 e. The van der Waals surface area contributed by atoms with Crippen LogP contribution < -0.4 is 10.1 Å². The van der Waals surface area contributed by atoms with E-state index in [4.69, 9.17) is 4.74 Å². The lowest BCUT2D eigenvalue weighted by atomic mass is 10.2. The molecule has 0 spiro atoms. The molecule has 0 fully saturated rings. The highest BCUT2D eigenvalue weighted by atomic mass is 32.1. The molecule has 148 valence electrons. The summed E-state index contributed by atoms with van der Waals surface area (Å²) in [7, 11) is 0. The number of carbonyl (C=O) groups excluding carboxylic acids is 1. The molecular formula is C24H24N2O2S. The van der Waals surface area contributed by atoms with E-state index in [2.05, 4.69) is 17.2 Å². The molecule has 1 aromatic heterocycles. The molecule has 0 aliphatic rings. The molecule has 0 bridgehead atoms. The van der Waals surface area contributed by atoms with Crippen molar-refractivity contribution in [3.8, 4) is 17.0 Å². The Bertz CT molecular complexity index is 960. The summed E-state index contributed by atoms with van der Waals surface area (Å²) in [5.74, 6) is 0.655. The fourth-order valence-corrected chi connectivity index (χ4v) is 3.26. The number of anilines is 1. The summed E-state index contributed by atoms with van der Waals surface area (Å²) >= 11 is 1.40. The van der Waals surface area contributed by atoms with E-state index in [1.165, 1.54) is 17.4 Å². The third-order valence-electron chi connectivity index (χ3n) is 4.10. The second-order valence-corrected chi connectivity index (χ2v) is 7.24. The summed E-state index contributed by atoms with van der Waals surface area (Å²) < 4.78 is 5.68. The minimum Gasteiger partial charge on any atom is -0.494 e. The maximum absolute atomic E-state index is 12.1. The summed E-state index contributed by atoms with van der Waals surface area (Å²) in [5, 5.41) is 5.31. The number of allylic oxidation sites excluding steroid dienone is 2. The largest absolute Gasteiger partial charge is 0.494 e. The summed E-state index contributed by atoms with van der Waals surface area (Å²) in [5.41, 5.74) is 2.91. The van der Waals surface area contributed by atoms with Crippen LogP contribution >= 0.6 is 11.3 Å². The molecule has 0 aliphatic carbocycles. The summed E-state index contributed by atoms with van der Waals surface area (Å²) in [6, 6.07) is 17.8. The molecule has 4 nitrogen and oxygen atoms in total. The molecular weight excluding hydrogens is 380 g/mol. The summed E-state index contributed by atoms with van der Waals surface area (Å²) in [6.07, 6.45) is 9.15. The number of hydrogen-bond donors (Lipinski definition) is 1. The van der Waals surface area contributed by atoms with Crippen molar-refractivity contribution >= 4 is 28.5 Å². The average molecular weight is 405 g/mol. The molecule has 0 radical (unpaired) electrons. The number of hydrogen-bond acceptors (Lipinski definition) is 4. The molecule has 0 atom stereocenters. The zero-order valence-corrected chi connectivity index (χ0v) is 17.2. The first kappa shape index (κ1) is 20.6. The predicted molar refractivity (Wildman–Crippen MR) is 121 cm³/mol. The Kier molecular flexibility index (Phi) is 7.78. The van der Waals surface area contributed by atoms with Crippen molar-refractivity contribution in [3.05, 3.63) is 83.8 Å². The van der Waals surface area contributed by atoms with Crippen molar-refractivity contribution in [2.45, 2.75) is 19.8 Å². The Morgan fingerprint density at radius 3 is 2.66 bits per heavy atom. The molecule has 2 aromatic carbocycles. The Morgan fingerprint density at radius 2 is 1.90 bits per heavy atom. The zero-order valence-electron chi connectivity index (χ0n) is 16.4. The zero-order chi connectivity index (χ0) is 20.3. The van der Waals surface area contributed by atoms with Gasteiger partial charge in [-0.15, -0.1) is 11.3 Å². The third-order valence-corrected chi connectivity index (χ3v) is 4.86. The topological polar surface area (TPSA) is 51.2 Å². The lowest BCUT2D eigenvalue weighted by molar-refractivity contribution is -0.111. The number of thiazole rings is 1. The molecule has 0 unspecified atom stereocenters. The molecule has 5 heteroatoms. The van der Waals surface area contributed by atoms with Crippen LogP contribution in [0.4, 0.5) is 5.13 Å². The summed E-state index contributed by atoms with van der Waals surface area (Å²) in [4.78, 5) is 16.6. The van der Waals surface area contributed by atoms with E-state index in [1.807, 2.05) is 72.1 Å². The van der Waals surface area contributed by atoms with Gasteiger partial charge in [0.15, 0.2) is 5.13 Å². The molecule has 1 heterocycles. The lowest BCUT2D eigenvalue weighted by Gasteiger charge is -2.05. The van der Waals surface area contributed by atoms with Gasteiger partial charge in [-0.25, -0.2) is 4.98 Å². The van der Waals surface area contributed by atoms with Crippen LogP contribution in [-0.4, -0.2) is 17.5 Å². The molecule has 1 amide bonds. The highest BCUT2D eigenvalue weighted by molar-refractivity contribution is 7.14. The van der Waals surface area contributed by atoms with Crippen LogP contribution in [0.25, 0.3) is 17.3 Å². The van der Waals surface area contributed by atoms with Gasteiger partial charge in [0.25, 0.3) is 0 Å². The van der Waals surface area contributed by atoms with Gasteiger partial charge in [0.05, 0.1) is 12.3 Å². The molecule has 3 aromatic rings. The van der Waals surface area contributed by atoms with Crippen molar-refractivity contribution < 1.29 is 9.53 Å². The van der Waals surface area contributed by atoms with Gasteiger partial charge in [0.1, 0.15) is 5.75 Å². The second kappa shape index (κ2) is 11.0. The van der Waals surface area contributed by atoms with E-state index >= 15 is 0 Å². The average Bonchev–Trinajstić information content (AvgIpc) is 3.21. The SMILES string of the molecule is CCCCOc1ccc(-c2csc(NC(=O)/C=C/C=C/c3ccccc3)n2)cc1. The molecule has 3 rings (SSSR count). The minimum absolute atomic E-state index is 0.205. The van der Waals surface area contributed by atoms with Gasteiger partial charge in [0.2, 0.25) is 5.91 Å². The van der Waals surface area contributed by atoms with Crippen molar-refractivity contribution in [3.63, 3.8) is 0 Å². The maximum atomic E-state index is 12.1. The highest BCUT2D eigenvalue weighted by Gasteiger charge is 2.06. The Morgan fingerprint density at radius 1 is 1.10 bits per heavy atom. The number of carbonyl (C=O) groups is 1. The number of benzene rings is 2. The number of nitrogens with one attached hydrogen (secondary N) is 1. The monoisotopic (exact) mass is 404 g/mol. The van der Waals surface area contributed by atoms with Crippen LogP contribution in [0.2, 0.25) is 0 Å². The van der Waals surface area contributed by atoms with Gasteiger partial charge >= 0.3 is 0 Å². The molecule has 0 aliphatic heterocycles. The number of amides is 1. The van der Waals surface area contributed by atoms with Crippen molar-refractivity contribution in [2.24, 2.45) is 0 Å². The van der Waals surface area contributed by atoms with E-state index in [-0.39, 0.29) is 5.91 Å². The summed E-state index contributed by atoms with van der Waals surface area (Å²) in [6.45, 7) is 2.87. The van der Waals surface area contributed by atoms with E-state index < -0.39 is 0 Å². The van der Waals surface area contributed by atoms with Crippen LogP contribution in [0.3, 0.4) is 0 Å². The van der Waals surface area contributed by atoms with E-state index in [9.17, 15) is 4.79 Å². The van der Waals surface area contributed by atoms with E-state index in [0.717, 1.165) is 42.0 Å². The first-order valence-corrected chi connectivity index (χ1v) is 10.5. The predicted octanol–water partition coefficient (Wildman–Crippen LogP) is 6.20. The normalized spacial score (nSPS) is 11.2. The van der Waals surface area contributed by atoms with Crippen LogP contribution in [0.15, 0.2) is 78.2 Å². The van der Waals surface area contributed by atoms with Gasteiger partial charge < -0.3 is 4.74 Å². The number of nitrogens with zero attached hydrogens (tertiary/aromatic N) is 1. The maximum Gasteiger partial charge on any atom is 0.250 e. The lowest BCUT2D eigenvalue weighted by Crippen LogP contribution is -2.07. The van der Waals surface area contributed by atoms with Crippen LogP contribution in [0, 0.1) is 0 Å². The standard InChI is InChI=1S/C24H24N2O2S/c1-2-3-17-28-21-15-13-20(14-16-21)22-18-29-24(25-22)26-23(27)12-8-7-11-19-9-5-4-6-10-19/h4-16,18H,2-3,17H2,1H3,(H,25,26,27)/b11-7+,12-8+. The molecule has 0 saturated carbocycles. The van der Waals surface area contributed by atoms with Gasteiger partial charge in [-0.2, -0.15) is 0 Å². The first-order valence-electron chi connectivity index (χ1n) is 9.64. The highest BCUT2D eigenvalue weighted by Crippen LogP contribution is 2.26. The Labute approximate surface area is 175 Å². The van der Waals surface area contributed by atoms with Gasteiger partial charge in [-0.05, 0) is 36.2 Å². The first-order chi connectivity index (χ1) is 14.2. The van der Waals surface area contributed by atoms with Crippen LogP contribution in [-0.2, 0) is 4.79 Å². The Hall–Kier alpha value is -3.18. The minimum atomic E-state index is -0.205. The second-order valence-electron chi connectivity index (χ2n) is 6.38. The van der Waals surface area contributed by atoms with Crippen molar-refractivity contribution in [1.82, 2.24) is 4.98 Å². The number of aromatic nitrogens is 1. The van der Waals surface area contributed by atoms with Gasteiger partial charge in [0, 0.05) is 17.0 Å². The van der Waals surface area contributed by atoms with Crippen LogP contribution in [0.1, 0.15) is 25.3 Å². The fraction of sp³-hybridized carbons (Fsp3) is 0.167. The van der Waals surface area contributed by atoms with Crippen LogP contribution in [0.5, 0.6) is 5.75 Å². The number of unbranched alkanes of at least 4 members (excludes halogenated alkanes) is 1. The van der Waals surface area contributed by atoms with E-state index in [0.29, 0.717) is 5.13 Å².